The molecule has 2 rings (SSSR count). The molecule has 0 saturated carbocycles. The second-order valence-corrected chi connectivity index (χ2v) is 5.55. The highest BCUT2D eigenvalue weighted by Crippen LogP contribution is 2.22. The molecule has 1 N–H and O–H groups in total. The SMILES string of the molecule is CC1C(c2ccccc2)NCCS1=O. The van der Waals surface area contributed by atoms with Crippen molar-refractivity contribution in [2.45, 2.75) is 18.2 Å². The summed E-state index contributed by atoms with van der Waals surface area (Å²) in [5, 5.41) is 3.64. The number of hydrogen-bond acceptors (Lipinski definition) is 2. The fraction of sp³-hybridized carbons (Fsp3) is 0.455. The van der Waals surface area contributed by atoms with Gasteiger partial charge in [-0.15, -0.1) is 0 Å². The minimum absolute atomic E-state index is 0.214. The first-order chi connectivity index (χ1) is 6.79. The van der Waals surface area contributed by atoms with E-state index in [4.69, 9.17) is 0 Å². The Kier molecular flexibility index (Phi) is 2.99. The largest absolute Gasteiger partial charge is 0.308 e. The minimum Gasteiger partial charge on any atom is -0.308 e. The molecule has 0 aromatic heterocycles. The molecule has 14 heavy (non-hydrogen) atoms. The van der Waals surface area contributed by atoms with Crippen LogP contribution in [0.1, 0.15) is 18.5 Å². The van der Waals surface area contributed by atoms with E-state index >= 15 is 0 Å². The van der Waals surface area contributed by atoms with E-state index in [-0.39, 0.29) is 11.3 Å². The molecule has 0 aliphatic carbocycles. The molecule has 0 spiro atoms. The summed E-state index contributed by atoms with van der Waals surface area (Å²) < 4.78 is 11.6. The van der Waals surface area contributed by atoms with Crippen molar-refractivity contribution in [3.05, 3.63) is 35.9 Å². The van der Waals surface area contributed by atoms with Gasteiger partial charge in [0, 0.05) is 29.1 Å². The summed E-state index contributed by atoms with van der Waals surface area (Å²) in [4.78, 5) is 0. The van der Waals surface area contributed by atoms with Gasteiger partial charge in [-0.05, 0) is 12.5 Å². The zero-order chi connectivity index (χ0) is 9.97. The summed E-state index contributed by atoms with van der Waals surface area (Å²) in [6.07, 6.45) is 0. The van der Waals surface area contributed by atoms with Crippen LogP contribution in [0.15, 0.2) is 30.3 Å². The molecule has 1 aliphatic heterocycles. The third kappa shape index (κ3) is 1.88. The molecular weight excluding hydrogens is 194 g/mol. The van der Waals surface area contributed by atoms with Crippen molar-refractivity contribution in [2.24, 2.45) is 0 Å². The topological polar surface area (TPSA) is 29.1 Å². The highest BCUT2D eigenvalue weighted by molar-refractivity contribution is 7.85. The number of rotatable bonds is 1. The molecule has 1 aromatic carbocycles. The van der Waals surface area contributed by atoms with Gasteiger partial charge in [-0.1, -0.05) is 30.3 Å². The van der Waals surface area contributed by atoms with Crippen molar-refractivity contribution in [1.29, 1.82) is 0 Å². The predicted octanol–water partition coefficient (Wildman–Crippen LogP) is 1.47. The van der Waals surface area contributed by atoms with Crippen LogP contribution >= 0.6 is 0 Å². The minimum atomic E-state index is -0.678. The van der Waals surface area contributed by atoms with Gasteiger partial charge in [0.15, 0.2) is 0 Å². The maximum Gasteiger partial charge on any atom is 0.0515 e. The lowest BCUT2D eigenvalue weighted by molar-refractivity contribution is 0.514. The molecule has 1 fully saturated rings. The molecule has 1 aliphatic rings. The monoisotopic (exact) mass is 209 g/mol. The number of benzene rings is 1. The van der Waals surface area contributed by atoms with Crippen molar-refractivity contribution in [1.82, 2.24) is 5.32 Å². The van der Waals surface area contributed by atoms with Gasteiger partial charge in [-0.25, -0.2) is 0 Å². The van der Waals surface area contributed by atoms with Crippen LogP contribution in [0, 0.1) is 0 Å². The van der Waals surface area contributed by atoms with Gasteiger partial charge >= 0.3 is 0 Å². The Balaban J connectivity index is 2.22. The molecule has 0 amide bonds. The van der Waals surface area contributed by atoms with Crippen molar-refractivity contribution in [2.75, 3.05) is 12.3 Å². The fourth-order valence-electron chi connectivity index (χ4n) is 1.87. The second-order valence-electron chi connectivity index (χ2n) is 3.63. The average molecular weight is 209 g/mol. The Labute approximate surface area is 87.2 Å². The molecule has 76 valence electrons. The van der Waals surface area contributed by atoms with E-state index in [1.807, 2.05) is 18.2 Å². The predicted molar refractivity (Wildman–Crippen MR) is 59.7 cm³/mol. The molecule has 1 saturated heterocycles. The van der Waals surface area contributed by atoms with E-state index in [9.17, 15) is 4.21 Å². The molecule has 3 atom stereocenters. The van der Waals surface area contributed by atoms with Gasteiger partial charge in [0.25, 0.3) is 0 Å². The normalized spacial score (nSPS) is 32.8. The molecule has 3 heteroatoms. The van der Waals surface area contributed by atoms with Gasteiger partial charge in [-0.2, -0.15) is 0 Å². The lowest BCUT2D eigenvalue weighted by atomic mass is 10.0. The first kappa shape index (κ1) is 9.87. The summed E-state index contributed by atoms with van der Waals surface area (Å²) in [6.45, 7) is 2.91. The molecule has 3 unspecified atom stereocenters. The molecular formula is C11H15NOS. The van der Waals surface area contributed by atoms with Crippen LogP contribution in [0.4, 0.5) is 0 Å². The Morgan fingerprint density at radius 3 is 2.79 bits per heavy atom. The number of hydrogen-bond donors (Lipinski definition) is 1. The summed E-state index contributed by atoms with van der Waals surface area (Å²) >= 11 is 0. The van der Waals surface area contributed by atoms with Crippen molar-refractivity contribution in [3.63, 3.8) is 0 Å². The molecule has 1 aromatic rings. The first-order valence-corrected chi connectivity index (χ1v) is 6.33. The van der Waals surface area contributed by atoms with Crippen LogP contribution < -0.4 is 5.32 Å². The smallest absolute Gasteiger partial charge is 0.0515 e. The van der Waals surface area contributed by atoms with Crippen molar-refractivity contribution >= 4 is 10.8 Å². The number of nitrogens with one attached hydrogen (secondary N) is 1. The summed E-state index contributed by atoms with van der Waals surface area (Å²) in [7, 11) is -0.678. The van der Waals surface area contributed by atoms with Gasteiger partial charge in [-0.3, -0.25) is 4.21 Å². The second kappa shape index (κ2) is 4.24. The van der Waals surface area contributed by atoms with Gasteiger partial charge in [0.1, 0.15) is 0 Å². The lowest BCUT2D eigenvalue weighted by Crippen LogP contribution is -2.42. The van der Waals surface area contributed by atoms with Crippen LogP contribution in [0.3, 0.4) is 0 Å². The quantitative estimate of drug-likeness (QED) is 0.759. The molecule has 0 bridgehead atoms. The summed E-state index contributed by atoms with van der Waals surface area (Å²) in [5.41, 5.74) is 1.24. The van der Waals surface area contributed by atoms with Gasteiger partial charge < -0.3 is 5.32 Å². The third-order valence-electron chi connectivity index (χ3n) is 2.71. The van der Waals surface area contributed by atoms with Crippen molar-refractivity contribution < 1.29 is 4.21 Å². The standard InChI is InChI=1S/C11H15NOS/c1-9-11(12-7-8-14(9)13)10-5-3-2-4-6-10/h2-6,9,11-12H,7-8H2,1H3. The summed E-state index contributed by atoms with van der Waals surface area (Å²) in [6, 6.07) is 10.5. The van der Waals surface area contributed by atoms with E-state index in [1.54, 1.807) is 0 Å². The molecule has 1 heterocycles. The Morgan fingerprint density at radius 2 is 2.07 bits per heavy atom. The van der Waals surface area contributed by atoms with Crippen LogP contribution in [0.5, 0.6) is 0 Å². The fourth-order valence-corrected chi connectivity index (χ4v) is 3.12. The van der Waals surface area contributed by atoms with Gasteiger partial charge in [0.2, 0.25) is 0 Å². The van der Waals surface area contributed by atoms with E-state index in [0.717, 1.165) is 12.3 Å². The van der Waals surface area contributed by atoms with E-state index in [1.165, 1.54) is 5.56 Å². The van der Waals surface area contributed by atoms with Crippen LogP contribution in [0.25, 0.3) is 0 Å². The zero-order valence-electron chi connectivity index (χ0n) is 8.27. The van der Waals surface area contributed by atoms with Crippen LogP contribution in [-0.2, 0) is 10.8 Å². The maximum atomic E-state index is 11.6. The zero-order valence-corrected chi connectivity index (χ0v) is 9.09. The first-order valence-electron chi connectivity index (χ1n) is 4.94. The van der Waals surface area contributed by atoms with E-state index in [0.29, 0.717) is 0 Å². The van der Waals surface area contributed by atoms with E-state index in [2.05, 4.69) is 24.4 Å². The van der Waals surface area contributed by atoms with Crippen LogP contribution in [-0.4, -0.2) is 21.8 Å². The lowest BCUT2D eigenvalue weighted by Gasteiger charge is -2.29. The highest BCUT2D eigenvalue weighted by Gasteiger charge is 2.27. The molecule has 0 radical (unpaired) electrons. The Bertz CT molecular complexity index is 325. The Hall–Kier alpha value is -0.670. The van der Waals surface area contributed by atoms with E-state index < -0.39 is 10.8 Å². The highest BCUT2D eigenvalue weighted by atomic mass is 32.2. The van der Waals surface area contributed by atoms with Gasteiger partial charge in [0.05, 0.1) is 5.25 Å². The average Bonchev–Trinajstić information content (AvgIpc) is 2.23. The Morgan fingerprint density at radius 1 is 1.36 bits per heavy atom. The maximum absolute atomic E-state index is 11.6. The third-order valence-corrected chi connectivity index (χ3v) is 4.42. The van der Waals surface area contributed by atoms with Crippen molar-refractivity contribution in [3.8, 4) is 0 Å². The molecule has 2 nitrogen and oxygen atoms in total. The summed E-state index contributed by atoms with van der Waals surface area (Å²) in [5.74, 6) is 0.782. The van der Waals surface area contributed by atoms with Crippen LogP contribution in [0.2, 0.25) is 0 Å².